The first-order chi connectivity index (χ1) is 6.27. The van der Waals surface area contributed by atoms with Gasteiger partial charge in [0.15, 0.2) is 0 Å². The van der Waals surface area contributed by atoms with Gasteiger partial charge in [-0.2, -0.15) is 0 Å². The minimum absolute atomic E-state index is 0.177. The summed E-state index contributed by atoms with van der Waals surface area (Å²) in [6.07, 6.45) is 0.935. The van der Waals surface area contributed by atoms with Crippen molar-refractivity contribution in [2.75, 3.05) is 6.61 Å². The van der Waals surface area contributed by atoms with Gasteiger partial charge in [0.1, 0.15) is 0 Å². The molecule has 0 amide bonds. The largest absolute Gasteiger partial charge is 0.395 e. The van der Waals surface area contributed by atoms with E-state index in [1.807, 2.05) is 10.9 Å². The molecule has 2 atom stereocenters. The van der Waals surface area contributed by atoms with Gasteiger partial charge in [0, 0.05) is 17.5 Å². The van der Waals surface area contributed by atoms with Crippen molar-refractivity contribution in [3.63, 3.8) is 0 Å². The summed E-state index contributed by atoms with van der Waals surface area (Å²) >= 11 is 1.60. The fourth-order valence-electron chi connectivity index (χ4n) is 1.17. The number of aliphatic hydroxyl groups excluding tert-OH is 1. The maximum Gasteiger partial charge on any atom is 0.0795 e. The molecule has 74 valence electrons. The van der Waals surface area contributed by atoms with Crippen LogP contribution < -0.4 is 5.32 Å². The average Bonchev–Trinajstić information content (AvgIpc) is 2.66. The average molecular weight is 200 g/mol. The van der Waals surface area contributed by atoms with Gasteiger partial charge in [0.2, 0.25) is 0 Å². The summed E-state index contributed by atoms with van der Waals surface area (Å²) in [5, 5.41) is 14.3. The van der Waals surface area contributed by atoms with E-state index in [0.29, 0.717) is 0 Å². The Hall–Kier alpha value is -0.450. The van der Waals surface area contributed by atoms with Gasteiger partial charge in [0.25, 0.3) is 0 Å². The van der Waals surface area contributed by atoms with E-state index in [0.717, 1.165) is 12.1 Å². The van der Waals surface area contributed by atoms with Crippen molar-refractivity contribution in [2.45, 2.75) is 32.4 Å². The maximum atomic E-state index is 8.99. The molecule has 0 saturated heterocycles. The standard InChI is InChI=1S/C9H16N2OS/c1-3-8(4-12)11-7(2)9-5-13-6-10-9/h5-8,11-12H,3-4H2,1-2H3/t7?,8-/m0/s1. The Morgan fingerprint density at radius 2 is 2.46 bits per heavy atom. The van der Waals surface area contributed by atoms with Gasteiger partial charge < -0.3 is 10.4 Å². The predicted molar refractivity (Wildman–Crippen MR) is 54.8 cm³/mol. The van der Waals surface area contributed by atoms with Crippen LogP contribution in [0, 0.1) is 0 Å². The molecule has 2 N–H and O–H groups in total. The van der Waals surface area contributed by atoms with Gasteiger partial charge in [0.05, 0.1) is 17.8 Å². The van der Waals surface area contributed by atoms with Crippen molar-refractivity contribution >= 4 is 11.3 Å². The van der Waals surface area contributed by atoms with Gasteiger partial charge >= 0.3 is 0 Å². The summed E-state index contributed by atoms with van der Waals surface area (Å²) < 4.78 is 0. The number of aromatic nitrogens is 1. The Morgan fingerprint density at radius 3 is 2.92 bits per heavy atom. The third-order valence-corrected chi connectivity index (χ3v) is 2.70. The molecule has 1 rings (SSSR count). The monoisotopic (exact) mass is 200 g/mol. The van der Waals surface area contributed by atoms with Gasteiger partial charge in [-0.3, -0.25) is 0 Å². The van der Waals surface area contributed by atoms with Crippen LogP contribution in [-0.4, -0.2) is 22.7 Å². The third kappa shape index (κ3) is 3.06. The molecular weight excluding hydrogens is 184 g/mol. The highest BCUT2D eigenvalue weighted by Gasteiger charge is 2.11. The zero-order chi connectivity index (χ0) is 9.68. The molecule has 0 radical (unpaired) electrons. The number of hydrogen-bond donors (Lipinski definition) is 2. The molecule has 1 aromatic heterocycles. The molecule has 1 unspecified atom stereocenters. The number of nitrogens with zero attached hydrogens (tertiary/aromatic N) is 1. The van der Waals surface area contributed by atoms with Crippen LogP contribution in [0.15, 0.2) is 10.9 Å². The highest BCUT2D eigenvalue weighted by molar-refractivity contribution is 7.07. The SMILES string of the molecule is CC[C@@H](CO)NC(C)c1cscn1. The summed E-state index contributed by atoms with van der Waals surface area (Å²) in [6.45, 7) is 4.31. The van der Waals surface area contributed by atoms with Crippen molar-refractivity contribution < 1.29 is 5.11 Å². The predicted octanol–water partition coefficient (Wildman–Crippen LogP) is 1.56. The number of thiazole rings is 1. The van der Waals surface area contributed by atoms with E-state index in [2.05, 4.69) is 24.1 Å². The third-order valence-electron chi connectivity index (χ3n) is 2.09. The van der Waals surface area contributed by atoms with E-state index in [9.17, 15) is 0 Å². The highest BCUT2D eigenvalue weighted by Crippen LogP contribution is 2.12. The van der Waals surface area contributed by atoms with Gasteiger partial charge in [-0.25, -0.2) is 4.98 Å². The molecule has 0 aliphatic rings. The van der Waals surface area contributed by atoms with Crippen LogP contribution in [0.1, 0.15) is 32.0 Å². The number of nitrogens with one attached hydrogen (secondary N) is 1. The first kappa shape index (κ1) is 10.6. The molecule has 1 heterocycles. The van der Waals surface area contributed by atoms with Crippen LogP contribution in [0.4, 0.5) is 0 Å². The number of hydrogen-bond acceptors (Lipinski definition) is 4. The fourth-order valence-corrected chi connectivity index (χ4v) is 1.82. The molecule has 0 bridgehead atoms. The van der Waals surface area contributed by atoms with Crippen LogP contribution >= 0.6 is 11.3 Å². The van der Waals surface area contributed by atoms with Crippen molar-refractivity contribution in [3.8, 4) is 0 Å². The minimum Gasteiger partial charge on any atom is -0.395 e. The van der Waals surface area contributed by atoms with Gasteiger partial charge in [-0.1, -0.05) is 6.92 Å². The number of rotatable bonds is 5. The molecular formula is C9H16N2OS. The lowest BCUT2D eigenvalue weighted by atomic mass is 10.2. The molecule has 0 saturated carbocycles. The Labute approximate surface area is 82.8 Å². The molecule has 0 fully saturated rings. The van der Waals surface area contributed by atoms with Crippen LogP contribution in [0.5, 0.6) is 0 Å². The van der Waals surface area contributed by atoms with Gasteiger partial charge in [-0.15, -0.1) is 11.3 Å². The Morgan fingerprint density at radius 1 is 1.69 bits per heavy atom. The lowest BCUT2D eigenvalue weighted by Crippen LogP contribution is -2.34. The number of aliphatic hydroxyl groups is 1. The first-order valence-electron chi connectivity index (χ1n) is 4.53. The summed E-state index contributed by atoms with van der Waals surface area (Å²) in [7, 11) is 0. The first-order valence-corrected chi connectivity index (χ1v) is 5.47. The lowest BCUT2D eigenvalue weighted by Gasteiger charge is -2.18. The molecule has 0 aromatic carbocycles. The van der Waals surface area contributed by atoms with Crippen LogP contribution in [0.25, 0.3) is 0 Å². The molecule has 3 nitrogen and oxygen atoms in total. The van der Waals surface area contributed by atoms with Crippen LogP contribution in [0.2, 0.25) is 0 Å². The second-order valence-corrected chi connectivity index (χ2v) is 3.81. The zero-order valence-corrected chi connectivity index (χ0v) is 8.84. The summed E-state index contributed by atoms with van der Waals surface area (Å²) in [4.78, 5) is 4.21. The molecule has 0 aliphatic heterocycles. The topological polar surface area (TPSA) is 45.1 Å². The summed E-state index contributed by atoms with van der Waals surface area (Å²) in [5.74, 6) is 0. The Kier molecular flexibility index (Phi) is 4.35. The van der Waals surface area contributed by atoms with E-state index in [4.69, 9.17) is 5.11 Å². The van der Waals surface area contributed by atoms with E-state index < -0.39 is 0 Å². The molecule has 4 heteroatoms. The molecule has 0 aliphatic carbocycles. The Bertz CT molecular complexity index is 222. The summed E-state index contributed by atoms with van der Waals surface area (Å²) in [5.41, 5.74) is 2.88. The van der Waals surface area contributed by atoms with Crippen molar-refractivity contribution in [2.24, 2.45) is 0 Å². The Balaban J connectivity index is 2.45. The van der Waals surface area contributed by atoms with Crippen LogP contribution in [-0.2, 0) is 0 Å². The quantitative estimate of drug-likeness (QED) is 0.758. The van der Waals surface area contributed by atoms with E-state index >= 15 is 0 Å². The minimum atomic E-state index is 0.177. The van der Waals surface area contributed by atoms with Crippen molar-refractivity contribution in [1.82, 2.24) is 10.3 Å². The summed E-state index contributed by atoms with van der Waals surface area (Å²) in [6, 6.07) is 0.403. The molecule has 0 spiro atoms. The van der Waals surface area contributed by atoms with Crippen LogP contribution in [0.3, 0.4) is 0 Å². The lowest BCUT2D eigenvalue weighted by molar-refractivity contribution is 0.229. The molecule has 13 heavy (non-hydrogen) atoms. The second-order valence-electron chi connectivity index (χ2n) is 3.09. The second kappa shape index (κ2) is 5.32. The van der Waals surface area contributed by atoms with Crippen molar-refractivity contribution in [1.29, 1.82) is 0 Å². The van der Waals surface area contributed by atoms with E-state index in [1.165, 1.54) is 0 Å². The smallest absolute Gasteiger partial charge is 0.0795 e. The zero-order valence-electron chi connectivity index (χ0n) is 8.03. The highest BCUT2D eigenvalue weighted by atomic mass is 32.1. The molecule has 1 aromatic rings. The van der Waals surface area contributed by atoms with Crippen molar-refractivity contribution in [3.05, 3.63) is 16.6 Å². The van der Waals surface area contributed by atoms with E-state index in [1.54, 1.807) is 11.3 Å². The van der Waals surface area contributed by atoms with Gasteiger partial charge in [-0.05, 0) is 13.3 Å². The maximum absolute atomic E-state index is 8.99. The van der Waals surface area contributed by atoms with E-state index in [-0.39, 0.29) is 18.7 Å². The fraction of sp³-hybridized carbons (Fsp3) is 0.667. The normalized spacial score (nSPS) is 15.6.